The monoisotopic (exact) mass is 443 g/mol. The van der Waals surface area contributed by atoms with Crippen molar-refractivity contribution in [1.29, 1.82) is 0 Å². The Morgan fingerprint density at radius 1 is 1.25 bits per heavy atom. The lowest BCUT2D eigenvalue weighted by Gasteiger charge is -2.34. The van der Waals surface area contributed by atoms with Crippen LogP contribution >= 0.6 is 0 Å². The molecular formula is C25H37N3O4. The van der Waals surface area contributed by atoms with Gasteiger partial charge in [0.15, 0.2) is 0 Å². The molecule has 0 aromatic carbocycles. The molecule has 0 unspecified atom stereocenters. The summed E-state index contributed by atoms with van der Waals surface area (Å²) in [5, 5.41) is 6.24. The number of ether oxygens (including phenoxy) is 1. The summed E-state index contributed by atoms with van der Waals surface area (Å²) in [5.41, 5.74) is -2.53. The van der Waals surface area contributed by atoms with Crippen LogP contribution in [0.2, 0.25) is 0 Å². The molecule has 3 amide bonds. The average molecular weight is 444 g/mol. The zero-order chi connectivity index (χ0) is 23.5. The molecule has 0 aromatic rings. The van der Waals surface area contributed by atoms with E-state index in [1.807, 2.05) is 39.8 Å². The number of nitrogens with one attached hydrogen (secondary N) is 2. The Balaban J connectivity index is 1.68. The van der Waals surface area contributed by atoms with Crippen molar-refractivity contribution in [3.63, 3.8) is 0 Å². The first-order valence-corrected chi connectivity index (χ1v) is 11.9. The van der Waals surface area contributed by atoms with Crippen molar-refractivity contribution in [2.75, 3.05) is 6.54 Å². The van der Waals surface area contributed by atoms with Crippen LogP contribution in [-0.2, 0) is 19.1 Å². The molecule has 2 N–H and O–H groups in total. The lowest BCUT2D eigenvalue weighted by atomic mass is 9.70. The van der Waals surface area contributed by atoms with E-state index in [0.717, 1.165) is 19.3 Å². The Bertz CT molecular complexity index is 862. The quantitative estimate of drug-likeness (QED) is 0.639. The molecule has 32 heavy (non-hydrogen) atoms. The van der Waals surface area contributed by atoms with Crippen LogP contribution in [0.25, 0.3) is 0 Å². The summed E-state index contributed by atoms with van der Waals surface area (Å²) in [7, 11) is 0. The summed E-state index contributed by atoms with van der Waals surface area (Å²) in [5.74, 6) is -1.63. The van der Waals surface area contributed by atoms with Gasteiger partial charge in [0.1, 0.15) is 11.6 Å². The van der Waals surface area contributed by atoms with Gasteiger partial charge in [-0.15, -0.1) is 6.58 Å². The van der Waals surface area contributed by atoms with Crippen molar-refractivity contribution >= 4 is 17.7 Å². The summed E-state index contributed by atoms with van der Waals surface area (Å²) in [6.07, 6.45) is 9.67. The van der Waals surface area contributed by atoms with E-state index in [-0.39, 0.29) is 30.3 Å². The zero-order valence-electron chi connectivity index (χ0n) is 19.9. The Labute approximate surface area is 191 Å². The molecule has 1 aliphatic carbocycles. The SMILES string of the molecule is C=CCN1C(=O)[C@@H]2[C@H](C(=O)N[C@@H]3CCCC[C@H]3C)[C@@]3(C)C=C[C@@]2(O3)[C@@H]1C(=O)NC(C)(C)C. The van der Waals surface area contributed by atoms with E-state index < -0.39 is 34.6 Å². The lowest BCUT2D eigenvalue weighted by Crippen LogP contribution is -2.58. The standard InChI is InChI=1S/C25H37N3O4/c1-7-14-28-19(21(30)27-23(3,4)5)25-13-12-24(6,32-25)17(18(25)22(28)31)20(29)26-16-11-9-8-10-15(16)2/h7,12-13,15-19H,1,8-11,14H2,2-6H3,(H,26,29)(H,27,30)/t15-,16-,17-,18+,19+,24-,25+/m1/s1. The molecule has 2 bridgehead atoms. The highest BCUT2D eigenvalue weighted by Crippen LogP contribution is 2.59. The van der Waals surface area contributed by atoms with Gasteiger partial charge in [0.05, 0.1) is 17.4 Å². The molecule has 2 saturated heterocycles. The molecular weight excluding hydrogens is 406 g/mol. The number of carbonyl (C=O) groups is 3. The largest absolute Gasteiger partial charge is 0.356 e. The fourth-order valence-electron chi connectivity index (χ4n) is 6.21. The van der Waals surface area contributed by atoms with Gasteiger partial charge in [-0.25, -0.2) is 0 Å². The second kappa shape index (κ2) is 7.72. The molecule has 4 rings (SSSR count). The highest BCUT2D eigenvalue weighted by Gasteiger charge is 2.76. The van der Waals surface area contributed by atoms with E-state index in [1.54, 1.807) is 6.08 Å². The second-order valence-electron chi connectivity index (χ2n) is 11.2. The van der Waals surface area contributed by atoms with E-state index in [0.29, 0.717) is 5.92 Å². The molecule has 7 atom stereocenters. The van der Waals surface area contributed by atoms with Gasteiger partial charge in [-0.2, -0.15) is 0 Å². The summed E-state index contributed by atoms with van der Waals surface area (Å²) < 4.78 is 6.49. The van der Waals surface area contributed by atoms with Crippen molar-refractivity contribution in [3.05, 3.63) is 24.8 Å². The van der Waals surface area contributed by atoms with Crippen molar-refractivity contribution in [2.24, 2.45) is 17.8 Å². The number of hydrogen-bond donors (Lipinski definition) is 2. The van der Waals surface area contributed by atoms with Gasteiger partial charge in [-0.05, 0) is 46.5 Å². The number of hydrogen-bond acceptors (Lipinski definition) is 4. The van der Waals surface area contributed by atoms with Gasteiger partial charge in [-0.3, -0.25) is 14.4 Å². The molecule has 1 spiro atoms. The molecule has 7 heteroatoms. The maximum absolute atomic E-state index is 13.7. The Hall–Kier alpha value is -2.15. The number of likely N-dealkylation sites (tertiary alicyclic amines) is 1. The Morgan fingerprint density at radius 3 is 2.56 bits per heavy atom. The van der Waals surface area contributed by atoms with Crippen molar-refractivity contribution in [2.45, 2.75) is 89.1 Å². The Morgan fingerprint density at radius 2 is 1.94 bits per heavy atom. The lowest BCUT2D eigenvalue weighted by molar-refractivity contribution is -0.145. The molecule has 3 heterocycles. The van der Waals surface area contributed by atoms with Crippen molar-refractivity contribution in [1.82, 2.24) is 15.5 Å². The van der Waals surface area contributed by atoms with Crippen LogP contribution in [0.3, 0.4) is 0 Å². The van der Waals surface area contributed by atoms with Gasteiger partial charge < -0.3 is 20.3 Å². The van der Waals surface area contributed by atoms with Gasteiger partial charge in [0, 0.05) is 18.1 Å². The first kappa shape index (κ1) is 23.0. The number of fused-ring (bicyclic) bond motifs is 1. The van der Waals surface area contributed by atoms with E-state index >= 15 is 0 Å². The summed E-state index contributed by atoms with van der Waals surface area (Å²) >= 11 is 0. The van der Waals surface area contributed by atoms with Gasteiger partial charge >= 0.3 is 0 Å². The molecule has 0 radical (unpaired) electrons. The van der Waals surface area contributed by atoms with Crippen molar-refractivity contribution in [3.8, 4) is 0 Å². The van der Waals surface area contributed by atoms with E-state index in [1.165, 1.54) is 11.3 Å². The fraction of sp³-hybridized carbons (Fsp3) is 0.720. The molecule has 4 aliphatic rings. The first-order valence-electron chi connectivity index (χ1n) is 11.9. The minimum atomic E-state index is -1.15. The molecule has 3 fully saturated rings. The summed E-state index contributed by atoms with van der Waals surface area (Å²) in [4.78, 5) is 42.2. The normalized spacial score (nSPS) is 40.3. The van der Waals surface area contributed by atoms with Crippen LogP contribution in [0.15, 0.2) is 24.8 Å². The summed E-state index contributed by atoms with van der Waals surface area (Å²) in [6.45, 7) is 13.7. The topological polar surface area (TPSA) is 87.7 Å². The highest BCUT2D eigenvalue weighted by atomic mass is 16.5. The van der Waals surface area contributed by atoms with Crippen LogP contribution < -0.4 is 10.6 Å². The number of nitrogens with zero attached hydrogens (tertiary/aromatic N) is 1. The zero-order valence-corrected chi connectivity index (χ0v) is 19.9. The maximum Gasteiger partial charge on any atom is 0.246 e. The third-order valence-corrected chi connectivity index (χ3v) is 7.59. The molecule has 176 valence electrons. The molecule has 3 aliphatic heterocycles. The smallest absolute Gasteiger partial charge is 0.246 e. The molecule has 1 saturated carbocycles. The molecule has 7 nitrogen and oxygen atoms in total. The van der Waals surface area contributed by atoms with Gasteiger partial charge in [-0.1, -0.05) is 38.0 Å². The minimum absolute atomic E-state index is 0.111. The second-order valence-corrected chi connectivity index (χ2v) is 11.2. The van der Waals surface area contributed by atoms with Crippen LogP contribution in [0.1, 0.15) is 60.3 Å². The summed E-state index contributed by atoms with van der Waals surface area (Å²) in [6, 6.07) is -0.735. The van der Waals surface area contributed by atoms with E-state index in [2.05, 4.69) is 24.1 Å². The average Bonchev–Trinajstić information content (AvgIpc) is 3.24. The van der Waals surface area contributed by atoms with Crippen molar-refractivity contribution < 1.29 is 19.1 Å². The van der Waals surface area contributed by atoms with Gasteiger partial charge in [0.2, 0.25) is 17.7 Å². The third-order valence-electron chi connectivity index (χ3n) is 7.59. The van der Waals surface area contributed by atoms with E-state index in [9.17, 15) is 14.4 Å². The van der Waals surface area contributed by atoms with Crippen LogP contribution in [0, 0.1) is 17.8 Å². The Kier molecular flexibility index (Phi) is 5.55. The fourth-order valence-corrected chi connectivity index (χ4v) is 6.21. The number of rotatable bonds is 5. The number of amides is 3. The van der Waals surface area contributed by atoms with Crippen LogP contribution in [0.4, 0.5) is 0 Å². The highest BCUT2D eigenvalue weighted by molar-refractivity contribution is 6.00. The molecule has 0 aromatic heterocycles. The van der Waals surface area contributed by atoms with Gasteiger partial charge in [0.25, 0.3) is 0 Å². The first-order chi connectivity index (χ1) is 14.9. The minimum Gasteiger partial charge on any atom is -0.356 e. The van der Waals surface area contributed by atoms with Crippen LogP contribution in [0.5, 0.6) is 0 Å². The predicted octanol–water partition coefficient (Wildman–Crippen LogP) is 2.32. The predicted molar refractivity (Wildman–Crippen MR) is 121 cm³/mol. The number of carbonyl (C=O) groups excluding carboxylic acids is 3. The maximum atomic E-state index is 13.7. The van der Waals surface area contributed by atoms with Crippen LogP contribution in [-0.4, -0.2) is 58.0 Å². The van der Waals surface area contributed by atoms with E-state index in [4.69, 9.17) is 4.74 Å². The third kappa shape index (κ3) is 3.49.